The van der Waals surface area contributed by atoms with Gasteiger partial charge in [-0.3, -0.25) is 0 Å². The third-order valence-corrected chi connectivity index (χ3v) is 4.37. The van der Waals surface area contributed by atoms with Gasteiger partial charge in [-0.2, -0.15) is 0 Å². The van der Waals surface area contributed by atoms with E-state index in [4.69, 9.17) is 5.11 Å². The van der Waals surface area contributed by atoms with E-state index in [0.29, 0.717) is 6.54 Å². The van der Waals surface area contributed by atoms with Gasteiger partial charge in [-0.25, -0.2) is 4.98 Å². The van der Waals surface area contributed by atoms with E-state index in [1.807, 2.05) is 30.1 Å². The maximum atomic E-state index is 8.96. The number of thiazole rings is 1. The summed E-state index contributed by atoms with van der Waals surface area (Å²) in [5.74, 6) is 0. The number of aromatic nitrogens is 1. The quantitative estimate of drug-likeness (QED) is 0.798. The van der Waals surface area contributed by atoms with Crippen molar-refractivity contribution < 1.29 is 5.11 Å². The number of aliphatic hydroxyl groups is 1. The van der Waals surface area contributed by atoms with Gasteiger partial charge < -0.3 is 10.0 Å². The number of hydrogen-bond acceptors (Lipinski definition) is 4. The summed E-state index contributed by atoms with van der Waals surface area (Å²) in [7, 11) is 1.98. The average molecular weight is 284 g/mol. The molecule has 0 bridgehead atoms. The Kier molecular flexibility index (Phi) is 3.67. The molecule has 0 amide bonds. The van der Waals surface area contributed by atoms with E-state index < -0.39 is 0 Å². The fraction of sp³-hybridized carbons (Fsp3) is 0.188. The van der Waals surface area contributed by atoms with Crippen molar-refractivity contribution in [1.82, 2.24) is 4.98 Å². The third-order valence-electron chi connectivity index (χ3n) is 3.28. The van der Waals surface area contributed by atoms with Gasteiger partial charge in [0.2, 0.25) is 0 Å². The summed E-state index contributed by atoms with van der Waals surface area (Å²) >= 11 is 1.71. The molecule has 0 spiro atoms. The van der Waals surface area contributed by atoms with E-state index in [1.54, 1.807) is 11.3 Å². The van der Waals surface area contributed by atoms with E-state index in [0.717, 1.165) is 21.8 Å². The fourth-order valence-corrected chi connectivity index (χ4v) is 3.10. The Hall–Kier alpha value is -1.91. The first-order chi connectivity index (χ1) is 9.78. The Morgan fingerprint density at radius 2 is 1.85 bits per heavy atom. The second-order valence-electron chi connectivity index (χ2n) is 4.68. The van der Waals surface area contributed by atoms with Crippen LogP contribution in [0.3, 0.4) is 0 Å². The number of nitrogens with zero attached hydrogens (tertiary/aromatic N) is 2. The molecule has 0 fully saturated rings. The van der Waals surface area contributed by atoms with Gasteiger partial charge in [0.15, 0.2) is 0 Å². The number of para-hydroxylation sites is 1. The molecular weight excluding hydrogens is 268 g/mol. The van der Waals surface area contributed by atoms with Gasteiger partial charge >= 0.3 is 0 Å². The summed E-state index contributed by atoms with van der Waals surface area (Å²) in [4.78, 5) is 6.69. The van der Waals surface area contributed by atoms with Crippen LogP contribution in [-0.2, 0) is 0 Å². The molecule has 1 heterocycles. The summed E-state index contributed by atoms with van der Waals surface area (Å²) in [6.07, 6.45) is 0. The van der Waals surface area contributed by atoms with E-state index in [2.05, 4.69) is 35.3 Å². The van der Waals surface area contributed by atoms with Crippen molar-refractivity contribution >= 4 is 27.2 Å². The number of rotatable bonds is 4. The van der Waals surface area contributed by atoms with Crippen molar-refractivity contribution in [3.8, 4) is 10.6 Å². The zero-order valence-electron chi connectivity index (χ0n) is 11.3. The monoisotopic (exact) mass is 284 g/mol. The lowest BCUT2D eigenvalue weighted by molar-refractivity contribution is 0.304. The molecule has 3 nitrogen and oxygen atoms in total. The minimum atomic E-state index is 0.163. The first-order valence-corrected chi connectivity index (χ1v) is 7.37. The Bertz CT molecular complexity index is 673. The van der Waals surface area contributed by atoms with Crippen LogP contribution in [0.5, 0.6) is 0 Å². The van der Waals surface area contributed by atoms with Crippen LogP contribution in [0.2, 0.25) is 0 Å². The number of likely N-dealkylation sites (N-methyl/N-ethyl adjacent to an activating group) is 1. The van der Waals surface area contributed by atoms with E-state index >= 15 is 0 Å². The second kappa shape index (κ2) is 5.61. The highest BCUT2D eigenvalue weighted by molar-refractivity contribution is 7.21. The standard InChI is InChI=1S/C16H16N2OS/c1-18(10-11-19)13-8-6-12(7-9-13)16-17-14-4-2-3-5-15(14)20-16/h2-9,19H,10-11H2,1H3. The molecule has 20 heavy (non-hydrogen) atoms. The zero-order valence-corrected chi connectivity index (χ0v) is 12.1. The lowest BCUT2D eigenvalue weighted by Gasteiger charge is -2.17. The normalized spacial score (nSPS) is 10.9. The van der Waals surface area contributed by atoms with Crippen molar-refractivity contribution in [1.29, 1.82) is 0 Å². The van der Waals surface area contributed by atoms with E-state index in [9.17, 15) is 0 Å². The predicted octanol–water partition coefficient (Wildman–Crippen LogP) is 3.39. The largest absolute Gasteiger partial charge is 0.395 e. The van der Waals surface area contributed by atoms with Crippen molar-refractivity contribution in [3.63, 3.8) is 0 Å². The van der Waals surface area contributed by atoms with Crippen LogP contribution >= 0.6 is 11.3 Å². The van der Waals surface area contributed by atoms with Gasteiger partial charge in [0.1, 0.15) is 5.01 Å². The highest BCUT2D eigenvalue weighted by Crippen LogP contribution is 2.30. The molecule has 0 saturated heterocycles. The van der Waals surface area contributed by atoms with Gasteiger partial charge in [0.25, 0.3) is 0 Å². The number of hydrogen-bond donors (Lipinski definition) is 1. The predicted molar refractivity (Wildman–Crippen MR) is 85.4 cm³/mol. The van der Waals surface area contributed by atoms with E-state index in [1.165, 1.54) is 4.70 Å². The highest BCUT2D eigenvalue weighted by Gasteiger charge is 2.06. The van der Waals surface area contributed by atoms with Crippen LogP contribution in [0, 0.1) is 0 Å². The lowest BCUT2D eigenvalue weighted by atomic mass is 10.2. The van der Waals surface area contributed by atoms with Gasteiger partial charge in [-0.15, -0.1) is 11.3 Å². The lowest BCUT2D eigenvalue weighted by Crippen LogP contribution is -2.20. The van der Waals surface area contributed by atoms with Crippen LogP contribution in [0.1, 0.15) is 0 Å². The fourth-order valence-electron chi connectivity index (χ4n) is 2.13. The van der Waals surface area contributed by atoms with Crippen molar-refractivity contribution in [3.05, 3.63) is 48.5 Å². The molecule has 3 aromatic rings. The van der Waals surface area contributed by atoms with Crippen LogP contribution < -0.4 is 4.90 Å². The number of aliphatic hydroxyl groups excluding tert-OH is 1. The molecule has 0 saturated carbocycles. The summed E-state index contributed by atoms with van der Waals surface area (Å²) < 4.78 is 1.21. The first-order valence-electron chi connectivity index (χ1n) is 6.56. The Labute approximate surface area is 122 Å². The van der Waals surface area contributed by atoms with Gasteiger partial charge in [0, 0.05) is 24.8 Å². The smallest absolute Gasteiger partial charge is 0.124 e. The SMILES string of the molecule is CN(CCO)c1ccc(-c2nc3ccccc3s2)cc1. The van der Waals surface area contributed by atoms with Crippen LogP contribution in [0.4, 0.5) is 5.69 Å². The Morgan fingerprint density at radius 3 is 2.55 bits per heavy atom. The number of fused-ring (bicyclic) bond motifs is 1. The zero-order chi connectivity index (χ0) is 13.9. The van der Waals surface area contributed by atoms with Gasteiger partial charge in [-0.1, -0.05) is 12.1 Å². The van der Waals surface area contributed by atoms with Crippen molar-refractivity contribution in [2.75, 3.05) is 25.1 Å². The van der Waals surface area contributed by atoms with Crippen LogP contribution in [0.15, 0.2) is 48.5 Å². The van der Waals surface area contributed by atoms with Gasteiger partial charge in [0.05, 0.1) is 16.8 Å². The molecule has 0 radical (unpaired) electrons. The molecule has 2 aromatic carbocycles. The molecular formula is C16H16N2OS. The minimum Gasteiger partial charge on any atom is -0.395 e. The van der Waals surface area contributed by atoms with Crippen LogP contribution in [-0.4, -0.2) is 30.3 Å². The molecule has 4 heteroatoms. The van der Waals surface area contributed by atoms with E-state index in [-0.39, 0.29) is 6.61 Å². The summed E-state index contributed by atoms with van der Waals surface area (Å²) in [6.45, 7) is 0.802. The highest BCUT2D eigenvalue weighted by atomic mass is 32.1. The summed E-state index contributed by atoms with van der Waals surface area (Å²) in [6, 6.07) is 16.5. The Balaban J connectivity index is 1.90. The van der Waals surface area contributed by atoms with Gasteiger partial charge in [-0.05, 0) is 36.4 Å². The van der Waals surface area contributed by atoms with Crippen molar-refractivity contribution in [2.24, 2.45) is 0 Å². The summed E-state index contributed by atoms with van der Waals surface area (Å²) in [5, 5.41) is 10.0. The number of benzene rings is 2. The molecule has 1 N–H and O–H groups in total. The molecule has 0 unspecified atom stereocenters. The minimum absolute atomic E-state index is 0.163. The molecule has 0 aliphatic heterocycles. The first kappa shape index (κ1) is 13.1. The van der Waals surface area contributed by atoms with Crippen LogP contribution in [0.25, 0.3) is 20.8 Å². The maximum Gasteiger partial charge on any atom is 0.124 e. The number of anilines is 1. The second-order valence-corrected chi connectivity index (χ2v) is 5.71. The molecule has 0 atom stereocenters. The molecule has 0 aliphatic carbocycles. The molecule has 0 aliphatic rings. The molecule has 3 rings (SSSR count). The average Bonchev–Trinajstić information content (AvgIpc) is 2.91. The molecule has 1 aromatic heterocycles. The van der Waals surface area contributed by atoms with Crippen molar-refractivity contribution in [2.45, 2.75) is 0 Å². The molecule has 102 valence electrons. The third kappa shape index (κ3) is 2.53. The topological polar surface area (TPSA) is 36.4 Å². The maximum absolute atomic E-state index is 8.96. The summed E-state index contributed by atoms with van der Waals surface area (Å²) in [5.41, 5.74) is 3.28. The Morgan fingerprint density at radius 1 is 1.10 bits per heavy atom.